The molecule has 0 aromatic rings. The molecule has 2 aliphatic heterocycles. The van der Waals surface area contributed by atoms with Crippen molar-refractivity contribution in [1.82, 2.24) is 0 Å². The second kappa shape index (κ2) is 4.95. The lowest BCUT2D eigenvalue weighted by molar-refractivity contribution is -0.308. The fraction of sp³-hybridized carbons (Fsp3) is 0.944. The van der Waals surface area contributed by atoms with Crippen molar-refractivity contribution in [3.63, 3.8) is 0 Å². The van der Waals surface area contributed by atoms with E-state index in [4.69, 9.17) is 14.2 Å². The van der Waals surface area contributed by atoms with Gasteiger partial charge in [-0.05, 0) is 18.3 Å². The van der Waals surface area contributed by atoms with Crippen molar-refractivity contribution in [2.45, 2.75) is 76.7 Å². The zero-order valence-electron chi connectivity index (χ0n) is 15.2. The molecular formula is C18H28O7. The van der Waals surface area contributed by atoms with Gasteiger partial charge < -0.3 is 29.5 Å². The van der Waals surface area contributed by atoms with E-state index in [-0.39, 0.29) is 12.6 Å². The first-order valence-electron chi connectivity index (χ1n) is 8.99. The number of aliphatic hydroxyl groups excluding tert-OH is 3. The number of aliphatic hydroxyl groups is 3. The van der Waals surface area contributed by atoms with Crippen LogP contribution >= 0.6 is 0 Å². The fourth-order valence-electron chi connectivity index (χ4n) is 6.03. The Kier molecular flexibility index (Phi) is 3.50. The number of epoxide rings is 1. The molecule has 1 spiro atoms. The summed E-state index contributed by atoms with van der Waals surface area (Å²) in [6.07, 6.45) is -2.56. The standard InChI is InChI=1S/C18H28O7/c1-9(20)24-10-5-16(4)17(7-19)11(25-14(10)18(16)8-23-18)6-15(2,3)12(21)13(17)22/h10-14,19,21-22H,5-8H2,1-4H3/t10-,11-,12+,13-,14-,16-,17-,18+/m1/s1. The molecule has 25 heavy (non-hydrogen) atoms. The summed E-state index contributed by atoms with van der Waals surface area (Å²) in [7, 11) is 0. The van der Waals surface area contributed by atoms with Crippen LogP contribution in [0, 0.1) is 16.2 Å². The van der Waals surface area contributed by atoms with E-state index in [2.05, 4.69) is 0 Å². The third kappa shape index (κ3) is 1.86. The Morgan fingerprint density at radius 2 is 1.84 bits per heavy atom. The fourth-order valence-corrected chi connectivity index (χ4v) is 6.03. The molecule has 4 fully saturated rings. The summed E-state index contributed by atoms with van der Waals surface area (Å²) in [5, 5.41) is 32.3. The van der Waals surface area contributed by atoms with E-state index < -0.39 is 52.4 Å². The first kappa shape index (κ1) is 17.7. The maximum Gasteiger partial charge on any atom is 0.302 e. The van der Waals surface area contributed by atoms with E-state index in [0.717, 1.165) is 0 Å². The lowest BCUT2D eigenvalue weighted by Gasteiger charge is -2.63. The molecule has 4 rings (SSSR count). The second-order valence-corrected chi connectivity index (χ2v) is 9.19. The Balaban J connectivity index is 1.83. The van der Waals surface area contributed by atoms with Crippen molar-refractivity contribution in [3.8, 4) is 0 Å². The molecule has 2 bridgehead atoms. The molecule has 0 unspecified atom stereocenters. The number of rotatable bonds is 2. The highest BCUT2D eigenvalue weighted by Crippen LogP contribution is 2.72. The lowest BCUT2D eigenvalue weighted by Crippen LogP contribution is -2.74. The van der Waals surface area contributed by atoms with Gasteiger partial charge in [-0.1, -0.05) is 20.8 Å². The minimum atomic E-state index is -1.16. The molecule has 3 N–H and O–H groups in total. The van der Waals surface area contributed by atoms with Gasteiger partial charge in [0.25, 0.3) is 0 Å². The third-order valence-corrected chi connectivity index (χ3v) is 7.63. The van der Waals surface area contributed by atoms with Crippen LogP contribution in [0.4, 0.5) is 0 Å². The normalized spacial score (nSPS) is 55.7. The topological polar surface area (TPSA) is 109 Å². The maximum atomic E-state index is 11.6. The summed E-state index contributed by atoms with van der Waals surface area (Å²) in [5.41, 5.74) is -2.97. The molecular weight excluding hydrogens is 328 g/mol. The van der Waals surface area contributed by atoms with Gasteiger partial charge in [0.05, 0.1) is 36.9 Å². The average molecular weight is 356 g/mol. The van der Waals surface area contributed by atoms with Crippen LogP contribution in [0.2, 0.25) is 0 Å². The maximum absolute atomic E-state index is 11.6. The van der Waals surface area contributed by atoms with Gasteiger partial charge in [0, 0.05) is 12.3 Å². The average Bonchev–Trinajstić information content (AvgIpc) is 3.27. The molecule has 8 atom stereocenters. The number of carbonyl (C=O) groups excluding carboxylic acids is 1. The predicted octanol–water partition coefficient (Wildman–Crippen LogP) is -0.00510. The van der Waals surface area contributed by atoms with E-state index in [0.29, 0.717) is 19.4 Å². The molecule has 4 aliphatic rings. The van der Waals surface area contributed by atoms with Crippen LogP contribution in [0.25, 0.3) is 0 Å². The van der Waals surface area contributed by atoms with E-state index in [1.165, 1.54) is 6.92 Å². The monoisotopic (exact) mass is 356 g/mol. The smallest absolute Gasteiger partial charge is 0.302 e. The van der Waals surface area contributed by atoms with Crippen molar-refractivity contribution in [3.05, 3.63) is 0 Å². The van der Waals surface area contributed by atoms with Gasteiger partial charge in [0.2, 0.25) is 0 Å². The molecule has 142 valence electrons. The highest BCUT2D eigenvalue weighted by molar-refractivity contribution is 5.66. The van der Waals surface area contributed by atoms with E-state index >= 15 is 0 Å². The van der Waals surface area contributed by atoms with Crippen molar-refractivity contribution < 1.29 is 34.3 Å². The van der Waals surface area contributed by atoms with Crippen molar-refractivity contribution in [2.75, 3.05) is 13.2 Å². The van der Waals surface area contributed by atoms with Gasteiger partial charge in [-0.15, -0.1) is 0 Å². The lowest BCUT2D eigenvalue weighted by atomic mass is 9.47. The number of fused-ring (bicyclic) bond motifs is 2. The van der Waals surface area contributed by atoms with Crippen molar-refractivity contribution in [1.29, 1.82) is 0 Å². The first-order valence-corrected chi connectivity index (χ1v) is 8.99. The Bertz CT molecular complexity index is 600. The summed E-state index contributed by atoms with van der Waals surface area (Å²) in [5.74, 6) is -0.387. The minimum absolute atomic E-state index is 0.326. The molecule has 0 amide bonds. The van der Waals surface area contributed by atoms with Crippen LogP contribution < -0.4 is 0 Å². The van der Waals surface area contributed by atoms with Gasteiger partial charge in [0.1, 0.15) is 17.8 Å². The van der Waals surface area contributed by atoms with E-state index in [1.54, 1.807) is 0 Å². The summed E-state index contributed by atoms with van der Waals surface area (Å²) in [4.78, 5) is 11.6. The molecule has 0 aromatic carbocycles. The van der Waals surface area contributed by atoms with Gasteiger partial charge in [0.15, 0.2) is 0 Å². The molecule has 0 radical (unpaired) electrons. The number of carbonyl (C=O) groups is 1. The molecule has 7 nitrogen and oxygen atoms in total. The Hall–Kier alpha value is -0.730. The molecule has 2 aliphatic carbocycles. The number of ether oxygens (including phenoxy) is 3. The number of hydrogen-bond acceptors (Lipinski definition) is 7. The minimum Gasteiger partial charge on any atom is -0.460 e. The third-order valence-electron chi connectivity index (χ3n) is 7.63. The summed E-state index contributed by atoms with van der Waals surface area (Å²) >= 11 is 0. The van der Waals surface area contributed by atoms with Gasteiger partial charge in [-0.3, -0.25) is 4.79 Å². The Morgan fingerprint density at radius 1 is 1.20 bits per heavy atom. The van der Waals surface area contributed by atoms with Crippen molar-refractivity contribution in [2.24, 2.45) is 16.2 Å². The SMILES string of the molecule is CC(=O)O[C@@H]1C[C@]2(C)[C@@]3(CO)[C@H](O)[C@H](O)C(C)(C)C[C@H]3O[C@H]1[C@@]21CO1. The molecule has 2 saturated carbocycles. The zero-order chi connectivity index (χ0) is 18.4. The number of hydrogen-bond donors (Lipinski definition) is 3. The second-order valence-electron chi connectivity index (χ2n) is 9.19. The first-order chi connectivity index (χ1) is 11.6. The predicted molar refractivity (Wildman–Crippen MR) is 85.6 cm³/mol. The summed E-state index contributed by atoms with van der Waals surface area (Å²) in [6.45, 7) is 7.21. The molecule has 7 heteroatoms. The van der Waals surface area contributed by atoms with Crippen LogP contribution in [-0.2, 0) is 19.0 Å². The van der Waals surface area contributed by atoms with Crippen molar-refractivity contribution >= 4 is 5.97 Å². The van der Waals surface area contributed by atoms with Gasteiger partial charge in [-0.2, -0.15) is 0 Å². The largest absolute Gasteiger partial charge is 0.460 e. The highest BCUT2D eigenvalue weighted by atomic mass is 16.7. The van der Waals surface area contributed by atoms with Gasteiger partial charge >= 0.3 is 5.97 Å². The van der Waals surface area contributed by atoms with Crippen LogP contribution in [0.1, 0.15) is 40.5 Å². The molecule has 2 saturated heterocycles. The van der Waals surface area contributed by atoms with Crippen LogP contribution in [-0.4, -0.2) is 70.6 Å². The number of esters is 1. The Labute approximate surface area is 147 Å². The van der Waals surface area contributed by atoms with Gasteiger partial charge in [-0.25, -0.2) is 0 Å². The van der Waals surface area contributed by atoms with E-state index in [1.807, 2.05) is 20.8 Å². The highest BCUT2D eigenvalue weighted by Gasteiger charge is 2.84. The van der Waals surface area contributed by atoms with Crippen LogP contribution in [0.5, 0.6) is 0 Å². The van der Waals surface area contributed by atoms with Crippen LogP contribution in [0.15, 0.2) is 0 Å². The quantitative estimate of drug-likeness (QED) is 0.472. The summed E-state index contributed by atoms with van der Waals surface area (Å²) < 4.78 is 17.7. The van der Waals surface area contributed by atoms with E-state index in [9.17, 15) is 20.1 Å². The Morgan fingerprint density at radius 3 is 2.36 bits per heavy atom. The van der Waals surface area contributed by atoms with Crippen LogP contribution in [0.3, 0.4) is 0 Å². The zero-order valence-corrected chi connectivity index (χ0v) is 15.2. The summed E-state index contributed by atoms with van der Waals surface area (Å²) in [6, 6.07) is 0. The molecule has 0 aromatic heterocycles. The molecule has 2 heterocycles.